The van der Waals surface area contributed by atoms with E-state index in [0.29, 0.717) is 0 Å². The Balaban J connectivity index is 0.00000120. The van der Waals surface area contributed by atoms with Crippen molar-refractivity contribution in [1.29, 1.82) is 0 Å². The van der Waals surface area contributed by atoms with Gasteiger partial charge in [-0.1, -0.05) is 0 Å². The van der Waals surface area contributed by atoms with Gasteiger partial charge in [-0.2, -0.15) is 4.58 Å². The van der Waals surface area contributed by atoms with Crippen LogP contribution in [0, 0.1) is 13.8 Å². The Kier molecular flexibility index (Phi) is 3.02. The van der Waals surface area contributed by atoms with E-state index >= 15 is 0 Å². The maximum atomic E-state index is 2.42. The molecule has 0 radical (unpaired) electrons. The third kappa shape index (κ3) is 1.52. The fraction of sp³-hybridized carbons (Fsp3) is 0.400. The fourth-order valence-electron chi connectivity index (χ4n) is 3.31. The molecule has 2 aliphatic rings. The Labute approximate surface area is 115 Å². The molecule has 1 aromatic heterocycles. The number of allylic oxidation sites excluding steroid dienone is 3. The molecule has 0 atom stereocenters. The molecule has 0 amide bonds. The first-order valence-electron chi connectivity index (χ1n) is 6.18. The minimum absolute atomic E-state index is 0. The Morgan fingerprint density at radius 1 is 1.11 bits per heavy atom. The molecule has 2 nitrogen and oxygen atoms in total. The van der Waals surface area contributed by atoms with Crippen molar-refractivity contribution >= 4 is 11.3 Å². The molecule has 1 aromatic rings. The number of fused-ring (bicyclic) bond motifs is 2. The normalized spacial score (nSPS) is 17.5. The van der Waals surface area contributed by atoms with E-state index in [-0.39, 0.29) is 12.4 Å². The van der Waals surface area contributed by atoms with Crippen LogP contribution in [0.2, 0.25) is 0 Å². The van der Waals surface area contributed by atoms with Gasteiger partial charge in [0.1, 0.15) is 0 Å². The quantitative estimate of drug-likeness (QED) is 0.592. The highest BCUT2D eigenvalue weighted by atomic mass is 35.5. The van der Waals surface area contributed by atoms with Crippen molar-refractivity contribution < 1.29 is 17.0 Å². The van der Waals surface area contributed by atoms with Gasteiger partial charge in [-0.3, -0.25) is 4.57 Å². The zero-order chi connectivity index (χ0) is 12.3. The van der Waals surface area contributed by atoms with E-state index in [1.807, 2.05) is 0 Å². The molecule has 0 aromatic carbocycles. The van der Waals surface area contributed by atoms with Crippen LogP contribution in [0.5, 0.6) is 0 Å². The number of hydrogen-bond donors (Lipinski definition) is 0. The third-order valence-electron chi connectivity index (χ3n) is 3.98. The topological polar surface area (TPSA) is 7.94 Å². The zero-order valence-corrected chi connectivity index (χ0v) is 12.4. The summed E-state index contributed by atoms with van der Waals surface area (Å²) < 4.78 is 4.84. The lowest BCUT2D eigenvalue weighted by Crippen LogP contribution is -3.00. The van der Waals surface area contributed by atoms with Crippen molar-refractivity contribution in [3.05, 3.63) is 40.4 Å². The summed E-state index contributed by atoms with van der Waals surface area (Å²) in [6.07, 6.45) is 2.29. The van der Waals surface area contributed by atoms with Gasteiger partial charge in [-0.15, -0.1) is 0 Å². The van der Waals surface area contributed by atoms with Crippen LogP contribution in [0.25, 0.3) is 5.57 Å². The highest BCUT2D eigenvalue weighted by molar-refractivity contribution is 5.93. The molecule has 0 saturated carbocycles. The molecule has 0 spiro atoms. The standard InChI is InChI=1S/C15H19N2.ClH/c1-9-6-11(3)16-8-17-12(4)7-10(2)15(17)13(5)14(9)16;/h6-7H,8H2,1-5H3;1H/q+1;/p-1. The van der Waals surface area contributed by atoms with Crippen molar-refractivity contribution in [3.8, 4) is 0 Å². The van der Waals surface area contributed by atoms with Gasteiger partial charge < -0.3 is 12.4 Å². The molecule has 3 heterocycles. The van der Waals surface area contributed by atoms with Crippen LogP contribution in [-0.2, 0) is 6.67 Å². The van der Waals surface area contributed by atoms with E-state index in [2.05, 4.69) is 55.9 Å². The molecule has 0 fully saturated rings. The monoisotopic (exact) mass is 262 g/mol. The summed E-state index contributed by atoms with van der Waals surface area (Å²) >= 11 is 0. The van der Waals surface area contributed by atoms with Gasteiger partial charge in [0.2, 0.25) is 12.4 Å². The van der Waals surface area contributed by atoms with Gasteiger partial charge in [0.15, 0.2) is 5.71 Å². The minimum Gasteiger partial charge on any atom is -1.00 e. The Morgan fingerprint density at radius 3 is 2.44 bits per heavy atom. The largest absolute Gasteiger partial charge is 1.00 e. The van der Waals surface area contributed by atoms with Crippen molar-refractivity contribution in [2.45, 2.75) is 41.3 Å². The summed E-state index contributed by atoms with van der Waals surface area (Å²) in [5.41, 5.74) is 9.73. The van der Waals surface area contributed by atoms with E-state index < -0.39 is 0 Å². The molecule has 0 bridgehead atoms. The SMILES string of the molecule is CC1=CC(C)=[N+]2Cn3c(C)cc(C)c3C(C)=C12.[Cl-]. The maximum absolute atomic E-state index is 2.42. The van der Waals surface area contributed by atoms with E-state index in [1.165, 1.54) is 39.5 Å². The fourth-order valence-corrected chi connectivity index (χ4v) is 3.31. The highest BCUT2D eigenvalue weighted by Gasteiger charge is 2.34. The number of hydrogen-bond acceptors (Lipinski definition) is 0. The van der Waals surface area contributed by atoms with Crippen LogP contribution >= 0.6 is 0 Å². The number of aryl methyl sites for hydroxylation is 2. The second kappa shape index (κ2) is 4.13. The molecule has 2 aliphatic heterocycles. The molecule has 0 unspecified atom stereocenters. The second-order valence-electron chi connectivity index (χ2n) is 5.26. The first-order valence-corrected chi connectivity index (χ1v) is 6.18. The average molecular weight is 263 g/mol. The molecule has 18 heavy (non-hydrogen) atoms. The number of rotatable bonds is 0. The zero-order valence-electron chi connectivity index (χ0n) is 11.6. The molecule has 0 N–H and O–H groups in total. The van der Waals surface area contributed by atoms with E-state index in [1.54, 1.807) is 0 Å². The summed E-state index contributed by atoms with van der Waals surface area (Å²) in [5.74, 6) is 0. The first kappa shape index (κ1) is 13.2. The smallest absolute Gasteiger partial charge is 0.228 e. The predicted octanol–water partition coefficient (Wildman–Crippen LogP) is 0.244. The second-order valence-corrected chi connectivity index (χ2v) is 5.26. The van der Waals surface area contributed by atoms with Crippen molar-refractivity contribution in [3.63, 3.8) is 0 Å². The van der Waals surface area contributed by atoms with Crippen LogP contribution in [0.4, 0.5) is 0 Å². The summed E-state index contributed by atoms with van der Waals surface area (Å²) in [5, 5.41) is 0. The van der Waals surface area contributed by atoms with Crippen molar-refractivity contribution in [2.75, 3.05) is 0 Å². The van der Waals surface area contributed by atoms with E-state index in [9.17, 15) is 0 Å². The number of halogens is 1. The van der Waals surface area contributed by atoms with E-state index in [0.717, 1.165) is 6.67 Å². The Hall–Kier alpha value is -1.28. The Bertz CT molecular complexity index is 627. The molecule has 96 valence electrons. The minimum atomic E-state index is 0. The van der Waals surface area contributed by atoms with E-state index in [4.69, 9.17) is 0 Å². The van der Waals surface area contributed by atoms with Crippen LogP contribution in [0.3, 0.4) is 0 Å². The summed E-state index contributed by atoms with van der Waals surface area (Å²) in [6.45, 7) is 12.0. The van der Waals surface area contributed by atoms with Crippen molar-refractivity contribution in [1.82, 2.24) is 4.57 Å². The first-order chi connectivity index (χ1) is 8.00. The summed E-state index contributed by atoms with van der Waals surface area (Å²) in [6, 6.07) is 2.29. The third-order valence-corrected chi connectivity index (χ3v) is 3.98. The molecule has 3 rings (SSSR count). The molecular weight excluding hydrogens is 244 g/mol. The summed E-state index contributed by atoms with van der Waals surface area (Å²) in [7, 11) is 0. The Morgan fingerprint density at radius 2 is 1.78 bits per heavy atom. The lowest BCUT2D eigenvalue weighted by atomic mass is 10.0. The number of aromatic nitrogens is 1. The van der Waals surface area contributed by atoms with Gasteiger partial charge in [0.05, 0.1) is 5.69 Å². The van der Waals surface area contributed by atoms with Gasteiger partial charge in [0, 0.05) is 29.8 Å². The lowest BCUT2D eigenvalue weighted by Gasteiger charge is -2.19. The van der Waals surface area contributed by atoms with Gasteiger partial charge in [-0.25, -0.2) is 0 Å². The predicted molar refractivity (Wildman–Crippen MR) is 71.2 cm³/mol. The van der Waals surface area contributed by atoms with Gasteiger partial charge in [0.25, 0.3) is 0 Å². The average Bonchev–Trinajstić information content (AvgIpc) is 2.68. The maximum Gasteiger partial charge on any atom is 0.228 e. The highest BCUT2D eigenvalue weighted by Crippen LogP contribution is 2.35. The molecular formula is C15H19ClN2. The number of nitrogens with zero attached hydrogens (tertiary/aromatic N) is 2. The van der Waals surface area contributed by atoms with Crippen LogP contribution < -0.4 is 12.4 Å². The van der Waals surface area contributed by atoms with Gasteiger partial charge >= 0.3 is 0 Å². The molecule has 3 heteroatoms. The van der Waals surface area contributed by atoms with Gasteiger partial charge in [-0.05, 0) is 39.3 Å². The van der Waals surface area contributed by atoms with Crippen LogP contribution in [0.1, 0.15) is 37.7 Å². The van der Waals surface area contributed by atoms with Crippen LogP contribution in [-0.4, -0.2) is 14.9 Å². The van der Waals surface area contributed by atoms with Crippen LogP contribution in [0.15, 0.2) is 23.4 Å². The molecule has 0 aliphatic carbocycles. The van der Waals surface area contributed by atoms with Crippen molar-refractivity contribution in [2.24, 2.45) is 0 Å². The lowest BCUT2D eigenvalue weighted by molar-refractivity contribution is -0.506. The molecule has 0 saturated heterocycles. The summed E-state index contributed by atoms with van der Waals surface area (Å²) in [4.78, 5) is 0.